The van der Waals surface area contributed by atoms with Gasteiger partial charge in [-0.05, 0) is 18.2 Å². The normalized spacial score (nSPS) is 9.58. The van der Waals surface area contributed by atoms with E-state index in [4.69, 9.17) is 5.21 Å². The van der Waals surface area contributed by atoms with Gasteiger partial charge < -0.3 is 0 Å². The van der Waals surface area contributed by atoms with Crippen LogP contribution in [0.1, 0.15) is 10.4 Å². The monoisotopic (exact) mass is 293 g/mol. The van der Waals surface area contributed by atoms with Crippen LogP contribution in [-0.2, 0) is 0 Å². The Morgan fingerprint density at radius 3 is 2.17 bits per heavy atom. The molecular formula is C7H5Br2NO2. The van der Waals surface area contributed by atoms with Gasteiger partial charge in [-0.3, -0.25) is 10.0 Å². The number of rotatable bonds is 1. The number of carbonyl (C=O) groups excluding carboxylic acids is 1. The van der Waals surface area contributed by atoms with Crippen molar-refractivity contribution in [2.45, 2.75) is 0 Å². The van der Waals surface area contributed by atoms with Crippen molar-refractivity contribution in [3.63, 3.8) is 0 Å². The van der Waals surface area contributed by atoms with Gasteiger partial charge in [-0.25, -0.2) is 5.48 Å². The van der Waals surface area contributed by atoms with E-state index >= 15 is 0 Å². The Hall–Kier alpha value is -0.390. The fourth-order valence-corrected chi connectivity index (χ4v) is 2.04. The first-order valence-electron chi connectivity index (χ1n) is 3.04. The van der Waals surface area contributed by atoms with Gasteiger partial charge in [-0.2, -0.15) is 0 Å². The molecule has 1 amide bonds. The van der Waals surface area contributed by atoms with Gasteiger partial charge in [0.15, 0.2) is 0 Å². The molecule has 0 unspecified atom stereocenters. The van der Waals surface area contributed by atoms with Gasteiger partial charge >= 0.3 is 0 Å². The summed E-state index contributed by atoms with van der Waals surface area (Å²) in [7, 11) is 0. The number of amides is 1. The van der Waals surface area contributed by atoms with E-state index < -0.39 is 5.91 Å². The minimum atomic E-state index is -0.531. The lowest BCUT2D eigenvalue weighted by Crippen LogP contribution is -2.18. The molecule has 3 nitrogen and oxygen atoms in total. The zero-order valence-corrected chi connectivity index (χ0v) is 9.02. The molecule has 0 atom stereocenters. The fraction of sp³-hybridized carbons (Fsp3) is 0. The van der Waals surface area contributed by atoms with Crippen molar-refractivity contribution < 1.29 is 10.0 Å². The van der Waals surface area contributed by atoms with Gasteiger partial charge in [-0.15, -0.1) is 0 Å². The van der Waals surface area contributed by atoms with Crippen molar-refractivity contribution >= 4 is 37.8 Å². The van der Waals surface area contributed by atoms with Crippen molar-refractivity contribution in [2.75, 3.05) is 0 Å². The first-order chi connectivity index (χ1) is 5.63. The number of hydroxylamine groups is 1. The smallest absolute Gasteiger partial charge is 0.274 e. The fourth-order valence-electron chi connectivity index (χ4n) is 0.749. The van der Waals surface area contributed by atoms with E-state index in [1.165, 1.54) is 0 Å². The summed E-state index contributed by atoms with van der Waals surface area (Å²) in [6, 6.07) is 5.01. The molecule has 5 heteroatoms. The summed E-state index contributed by atoms with van der Waals surface area (Å²) >= 11 is 6.44. The average Bonchev–Trinajstić information content (AvgIpc) is 2.01. The molecule has 64 valence electrons. The molecule has 1 aromatic carbocycles. The van der Waals surface area contributed by atoms with Crippen LogP contribution in [0.2, 0.25) is 0 Å². The SMILES string of the molecule is O=C(NO)c1cc(Br)cc(Br)c1. The molecule has 0 bridgehead atoms. The highest BCUT2D eigenvalue weighted by Gasteiger charge is 2.05. The number of halogens is 2. The molecule has 0 fully saturated rings. The van der Waals surface area contributed by atoms with Crippen LogP contribution in [0.15, 0.2) is 27.1 Å². The molecule has 0 saturated heterocycles. The summed E-state index contributed by atoms with van der Waals surface area (Å²) in [6.45, 7) is 0. The topological polar surface area (TPSA) is 49.3 Å². The lowest BCUT2D eigenvalue weighted by Gasteiger charge is -2.00. The molecule has 0 heterocycles. The summed E-state index contributed by atoms with van der Waals surface area (Å²) in [5.41, 5.74) is 1.94. The van der Waals surface area contributed by atoms with Crippen molar-refractivity contribution in [3.8, 4) is 0 Å². The van der Waals surface area contributed by atoms with Gasteiger partial charge in [0.2, 0.25) is 0 Å². The minimum absolute atomic E-state index is 0.388. The Labute approximate surface area is 86.0 Å². The van der Waals surface area contributed by atoms with Gasteiger partial charge in [0.05, 0.1) is 0 Å². The van der Waals surface area contributed by atoms with Crippen molar-refractivity contribution in [1.29, 1.82) is 0 Å². The predicted molar refractivity (Wildman–Crippen MR) is 51.1 cm³/mol. The van der Waals surface area contributed by atoms with Crippen LogP contribution in [0, 0.1) is 0 Å². The lowest BCUT2D eigenvalue weighted by atomic mass is 10.2. The van der Waals surface area contributed by atoms with Crippen LogP contribution in [0.4, 0.5) is 0 Å². The molecular weight excluding hydrogens is 290 g/mol. The summed E-state index contributed by atoms with van der Waals surface area (Å²) in [6.07, 6.45) is 0. The van der Waals surface area contributed by atoms with Crippen molar-refractivity contribution in [3.05, 3.63) is 32.7 Å². The van der Waals surface area contributed by atoms with Crippen LogP contribution in [0.25, 0.3) is 0 Å². The second-order valence-corrected chi connectivity index (χ2v) is 3.93. The van der Waals surface area contributed by atoms with Gasteiger partial charge in [0.1, 0.15) is 0 Å². The Morgan fingerprint density at radius 1 is 1.25 bits per heavy atom. The van der Waals surface area contributed by atoms with E-state index in [-0.39, 0.29) is 0 Å². The van der Waals surface area contributed by atoms with E-state index in [2.05, 4.69) is 31.9 Å². The van der Waals surface area contributed by atoms with E-state index in [0.29, 0.717) is 5.56 Å². The molecule has 0 aliphatic rings. The Bertz CT molecular complexity index is 294. The third kappa shape index (κ3) is 2.30. The molecule has 0 aromatic heterocycles. The largest absolute Gasteiger partial charge is 0.288 e. The van der Waals surface area contributed by atoms with E-state index in [9.17, 15) is 4.79 Å². The van der Waals surface area contributed by atoms with Crippen LogP contribution in [0.3, 0.4) is 0 Å². The van der Waals surface area contributed by atoms with Crippen LogP contribution < -0.4 is 5.48 Å². The third-order valence-electron chi connectivity index (χ3n) is 1.23. The number of nitrogens with one attached hydrogen (secondary N) is 1. The molecule has 1 aromatic rings. The Morgan fingerprint density at radius 2 is 1.75 bits per heavy atom. The zero-order valence-electron chi connectivity index (χ0n) is 5.84. The Balaban J connectivity index is 3.08. The first kappa shape index (κ1) is 9.70. The predicted octanol–water partition coefficient (Wildman–Crippen LogP) is 2.33. The van der Waals surface area contributed by atoms with Crippen LogP contribution in [0.5, 0.6) is 0 Å². The standard InChI is InChI=1S/C7H5Br2NO2/c8-5-1-4(7(11)10-12)2-6(9)3-5/h1-3,12H,(H,10,11). The highest BCUT2D eigenvalue weighted by atomic mass is 79.9. The molecule has 0 saturated carbocycles. The van der Waals surface area contributed by atoms with Gasteiger partial charge in [0.25, 0.3) is 5.91 Å². The highest BCUT2D eigenvalue weighted by molar-refractivity contribution is 9.11. The van der Waals surface area contributed by atoms with Gasteiger partial charge in [0, 0.05) is 14.5 Å². The minimum Gasteiger partial charge on any atom is -0.288 e. The molecule has 0 radical (unpaired) electrons. The van der Waals surface area contributed by atoms with Crippen molar-refractivity contribution in [2.24, 2.45) is 0 Å². The van der Waals surface area contributed by atoms with E-state index in [1.807, 2.05) is 0 Å². The molecule has 1 rings (SSSR count). The van der Waals surface area contributed by atoms with E-state index in [1.54, 1.807) is 23.7 Å². The average molecular weight is 295 g/mol. The molecule has 2 N–H and O–H groups in total. The molecule has 0 spiro atoms. The lowest BCUT2D eigenvalue weighted by molar-refractivity contribution is 0.0706. The number of benzene rings is 1. The number of hydrogen-bond acceptors (Lipinski definition) is 2. The second kappa shape index (κ2) is 4.02. The molecule has 12 heavy (non-hydrogen) atoms. The maximum atomic E-state index is 10.9. The Kier molecular flexibility index (Phi) is 3.25. The van der Waals surface area contributed by atoms with Crippen molar-refractivity contribution in [1.82, 2.24) is 5.48 Å². The summed E-state index contributed by atoms with van der Waals surface area (Å²) in [5.74, 6) is -0.531. The molecule has 0 aliphatic heterocycles. The maximum absolute atomic E-state index is 10.9. The maximum Gasteiger partial charge on any atom is 0.274 e. The summed E-state index contributed by atoms with van der Waals surface area (Å²) < 4.78 is 1.55. The van der Waals surface area contributed by atoms with Crippen LogP contribution >= 0.6 is 31.9 Å². The molecule has 0 aliphatic carbocycles. The van der Waals surface area contributed by atoms with E-state index in [0.717, 1.165) is 8.95 Å². The first-order valence-corrected chi connectivity index (χ1v) is 4.62. The number of hydrogen-bond donors (Lipinski definition) is 2. The second-order valence-electron chi connectivity index (χ2n) is 2.10. The quantitative estimate of drug-likeness (QED) is 0.617. The highest BCUT2D eigenvalue weighted by Crippen LogP contribution is 2.19. The summed E-state index contributed by atoms with van der Waals surface area (Å²) in [4.78, 5) is 10.9. The zero-order chi connectivity index (χ0) is 9.14. The third-order valence-corrected chi connectivity index (χ3v) is 2.14. The summed E-state index contributed by atoms with van der Waals surface area (Å²) in [5, 5.41) is 8.34. The number of carbonyl (C=O) groups is 1. The van der Waals surface area contributed by atoms with Crippen LogP contribution in [-0.4, -0.2) is 11.1 Å². The van der Waals surface area contributed by atoms with Gasteiger partial charge in [-0.1, -0.05) is 31.9 Å².